The predicted octanol–water partition coefficient (Wildman–Crippen LogP) is 5.30. The van der Waals surface area contributed by atoms with Crippen LogP contribution in [0.5, 0.6) is 0 Å². The molecule has 0 atom stereocenters. The van der Waals surface area contributed by atoms with Crippen LogP contribution in [-0.4, -0.2) is 29.5 Å². The Morgan fingerprint density at radius 2 is 1.62 bits per heavy atom. The predicted molar refractivity (Wildman–Crippen MR) is 126 cm³/mol. The van der Waals surface area contributed by atoms with E-state index in [1.54, 1.807) is 43.3 Å². The maximum atomic E-state index is 12.7. The minimum Gasteiger partial charge on any atom is -0.462 e. The third kappa shape index (κ3) is 6.39. The van der Waals surface area contributed by atoms with Gasteiger partial charge < -0.3 is 15.4 Å². The molecule has 1 aromatic heterocycles. The van der Waals surface area contributed by atoms with Gasteiger partial charge in [-0.25, -0.2) is 14.6 Å². The van der Waals surface area contributed by atoms with Crippen LogP contribution in [0.3, 0.4) is 0 Å². The number of rotatable bonds is 8. The third-order valence-electron chi connectivity index (χ3n) is 4.36. The van der Waals surface area contributed by atoms with Crippen molar-refractivity contribution in [3.63, 3.8) is 0 Å². The molecule has 166 valence electrons. The van der Waals surface area contributed by atoms with Gasteiger partial charge in [-0.05, 0) is 49.7 Å². The summed E-state index contributed by atoms with van der Waals surface area (Å²) in [4.78, 5) is 41.4. The highest BCUT2D eigenvalue weighted by Gasteiger charge is 2.17. The number of ether oxygens (including phenoxy) is 1. The van der Waals surface area contributed by atoms with Gasteiger partial charge in [-0.2, -0.15) is 0 Å². The van der Waals surface area contributed by atoms with Crippen LogP contribution in [0.1, 0.15) is 45.5 Å². The first-order valence-electron chi connectivity index (χ1n) is 10.1. The van der Waals surface area contributed by atoms with Gasteiger partial charge in [-0.3, -0.25) is 10.1 Å². The van der Waals surface area contributed by atoms with E-state index in [4.69, 9.17) is 4.74 Å². The molecule has 3 aromatic rings. The molecule has 0 fully saturated rings. The van der Waals surface area contributed by atoms with Crippen molar-refractivity contribution in [2.45, 2.75) is 26.7 Å². The summed E-state index contributed by atoms with van der Waals surface area (Å²) in [6, 6.07) is 15.0. The first-order valence-corrected chi connectivity index (χ1v) is 11.0. The van der Waals surface area contributed by atoms with E-state index in [1.807, 2.05) is 25.1 Å². The number of aryl methyl sites for hydroxylation is 1. The number of hydrogen-bond donors (Lipinski definition) is 3. The van der Waals surface area contributed by atoms with Gasteiger partial charge in [-0.15, -0.1) is 0 Å². The van der Waals surface area contributed by atoms with Crippen LogP contribution >= 0.6 is 11.3 Å². The molecular formula is C23H24N4O4S. The number of anilines is 3. The van der Waals surface area contributed by atoms with Crippen LogP contribution in [0.15, 0.2) is 54.6 Å². The number of urea groups is 1. The molecule has 3 rings (SSSR count). The van der Waals surface area contributed by atoms with Crippen LogP contribution in [0, 0.1) is 6.92 Å². The number of hydrogen-bond acceptors (Lipinski definition) is 6. The van der Waals surface area contributed by atoms with E-state index >= 15 is 0 Å². The van der Waals surface area contributed by atoms with E-state index in [2.05, 4.69) is 20.9 Å². The topological polar surface area (TPSA) is 109 Å². The monoisotopic (exact) mass is 452 g/mol. The van der Waals surface area contributed by atoms with Crippen molar-refractivity contribution >= 4 is 45.8 Å². The zero-order valence-corrected chi connectivity index (χ0v) is 18.6. The zero-order chi connectivity index (χ0) is 22.9. The quantitative estimate of drug-likeness (QED) is 0.317. The Kier molecular flexibility index (Phi) is 7.93. The molecule has 2 aromatic carbocycles. The van der Waals surface area contributed by atoms with E-state index in [-0.39, 0.29) is 11.9 Å². The molecule has 0 unspecified atom stereocenters. The first-order chi connectivity index (χ1) is 15.5. The second kappa shape index (κ2) is 11.1. The number of esters is 1. The van der Waals surface area contributed by atoms with Gasteiger partial charge in [0.25, 0.3) is 5.91 Å². The normalized spacial score (nSPS) is 10.3. The van der Waals surface area contributed by atoms with Crippen molar-refractivity contribution in [1.29, 1.82) is 0 Å². The fraction of sp³-hybridized carbons (Fsp3) is 0.217. The van der Waals surface area contributed by atoms with Crippen molar-refractivity contribution in [3.8, 4) is 0 Å². The van der Waals surface area contributed by atoms with E-state index in [0.717, 1.165) is 24.2 Å². The molecule has 0 saturated carbocycles. The number of aromatic nitrogens is 1. The highest BCUT2D eigenvalue weighted by atomic mass is 32.1. The molecule has 0 spiro atoms. The summed E-state index contributed by atoms with van der Waals surface area (Å²) < 4.78 is 5.17. The molecule has 0 radical (unpaired) electrons. The number of unbranched alkanes of at least 4 members (excludes halogenated alkanes) is 1. The SMILES string of the molecule is CCCCOC(=O)c1ccc(NC(=O)c2sc(NC(=O)Nc3ccccc3)nc2C)cc1. The van der Waals surface area contributed by atoms with Crippen molar-refractivity contribution in [2.75, 3.05) is 22.6 Å². The van der Waals surface area contributed by atoms with Crippen LogP contribution < -0.4 is 16.0 Å². The third-order valence-corrected chi connectivity index (χ3v) is 5.44. The summed E-state index contributed by atoms with van der Waals surface area (Å²) in [5.74, 6) is -0.742. The minimum atomic E-state index is -0.446. The Morgan fingerprint density at radius 3 is 2.31 bits per heavy atom. The largest absolute Gasteiger partial charge is 0.462 e. The van der Waals surface area contributed by atoms with Crippen molar-refractivity contribution < 1.29 is 19.1 Å². The maximum Gasteiger partial charge on any atom is 0.338 e. The van der Waals surface area contributed by atoms with Crippen LogP contribution in [-0.2, 0) is 4.74 Å². The second-order valence-corrected chi connectivity index (χ2v) is 7.90. The molecule has 0 bridgehead atoms. The van der Waals surface area contributed by atoms with Crippen molar-refractivity contribution in [1.82, 2.24) is 4.98 Å². The molecule has 32 heavy (non-hydrogen) atoms. The summed E-state index contributed by atoms with van der Waals surface area (Å²) in [5, 5.41) is 8.42. The molecule has 3 N–H and O–H groups in total. The second-order valence-electron chi connectivity index (χ2n) is 6.90. The van der Waals surface area contributed by atoms with Crippen molar-refractivity contribution in [2.24, 2.45) is 0 Å². The lowest BCUT2D eigenvalue weighted by Gasteiger charge is -2.06. The fourth-order valence-corrected chi connectivity index (χ4v) is 3.57. The molecular weight excluding hydrogens is 428 g/mol. The van der Waals surface area contributed by atoms with Gasteiger partial charge >= 0.3 is 12.0 Å². The van der Waals surface area contributed by atoms with E-state index in [0.29, 0.717) is 39.2 Å². The smallest absolute Gasteiger partial charge is 0.338 e. The highest BCUT2D eigenvalue weighted by molar-refractivity contribution is 7.17. The summed E-state index contributed by atoms with van der Waals surface area (Å²) in [5.41, 5.74) is 2.10. The molecule has 0 aliphatic carbocycles. The number of carbonyl (C=O) groups is 3. The summed E-state index contributed by atoms with van der Waals surface area (Å²) in [6.45, 7) is 4.11. The molecule has 0 saturated heterocycles. The average molecular weight is 453 g/mol. The number of thiazole rings is 1. The van der Waals surface area contributed by atoms with Gasteiger partial charge in [-0.1, -0.05) is 42.9 Å². The zero-order valence-electron chi connectivity index (χ0n) is 17.8. The van der Waals surface area contributed by atoms with Gasteiger partial charge in [0.15, 0.2) is 5.13 Å². The van der Waals surface area contributed by atoms with E-state index in [1.165, 1.54) is 0 Å². The lowest BCUT2D eigenvalue weighted by atomic mass is 10.2. The van der Waals surface area contributed by atoms with Crippen molar-refractivity contribution in [3.05, 3.63) is 70.7 Å². The Bertz CT molecular complexity index is 1080. The number of amides is 3. The molecule has 0 aliphatic heterocycles. The summed E-state index contributed by atoms with van der Waals surface area (Å²) in [6.07, 6.45) is 1.77. The maximum absolute atomic E-state index is 12.7. The van der Waals surface area contributed by atoms with Gasteiger partial charge in [0.2, 0.25) is 0 Å². The summed E-state index contributed by atoms with van der Waals surface area (Å²) >= 11 is 1.08. The molecule has 0 aliphatic rings. The Morgan fingerprint density at radius 1 is 0.938 bits per heavy atom. The highest BCUT2D eigenvalue weighted by Crippen LogP contribution is 2.24. The van der Waals surface area contributed by atoms with E-state index < -0.39 is 6.03 Å². The standard InChI is InChI=1S/C23H24N4O4S/c1-3-4-14-31-21(29)16-10-12-18(13-11-16)25-20(28)19-15(2)24-23(32-19)27-22(30)26-17-8-6-5-7-9-17/h5-13H,3-4,14H2,1-2H3,(H,25,28)(H2,24,26,27,30). The number of nitrogens with zero attached hydrogens (tertiary/aromatic N) is 1. The molecule has 8 nitrogen and oxygen atoms in total. The summed E-state index contributed by atoms with van der Waals surface area (Å²) in [7, 11) is 0. The van der Waals surface area contributed by atoms with Gasteiger partial charge in [0.1, 0.15) is 4.88 Å². The number of carbonyl (C=O) groups excluding carboxylic acids is 3. The number of benzene rings is 2. The van der Waals surface area contributed by atoms with E-state index in [9.17, 15) is 14.4 Å². The lowest BCUT2D eigenvalue weighted by molar-refractivity contribution is 0.0499. The molecule has 9 heteroatoms. The Labute approximate surface area is 190 Å². The first kappa shape index (κ1) is 23.0. The average Bonchev–Trinajstić information content (AvgIpc) is 3.15. The molecule has 3 amide bonds. The number of para-hydroxylation sites is 1. The van der Waals surface area contributed by atoms with Gasteiger partial charge in [0, 0.05) is 11.4 Å². The lowest BCUT2D eigenvalue weighted by Crippen LogP contribution is -2.19. The molecule has 1 heterocycles. The Hall–Kier alpha value is -3.72. The Balaban J connectivity index is 1.58. The van der Waals surface area contributed by atoms with Crippen LogP contribution in [0.4, 0.5) is 21.3 Å². The van der Waals surface area contributed by atoms with Crippen LogP contribution in [0.25, 0.3) is 0 Å². The van der Waals surface area contributed by atoms with Crippen LogP contribution in [0.2, 0.25) is 0 Å². The van der Waals surface area contributed by atoms with Gasteiger partial charge in [0.05, 0.1) is 17.9 Å². The minimum absolute atomic E-state index is 0.311. The fourth-order valence-electron chi connectivity index (χ4n) is 2.71. The number of nitrogens with one attached hydrogen (secondary N) is 3.